The summed E-state index contributed by atoms with van der Waals surface area (Å²) in [6, 6.07) is 4.19. The zero-order valence-electron chi connectivity index (χ0n) is 17.7. The smallest absolute Gasteiger partial charge is 0.303 e. The van der Waals surface area contributed by atoms with Crippen molar-refractivity contribution in [3.05, 3.63) is 57.0 Å². The molecule has 2 aromatic rings. The lowest BCUT2D eigenvalue weighted by Crippen LogP contribution is -2.37. The molecule has 1 aromatic heterocycles. The second-order valence-corrected chi connectivity index (χ2v) is 8.84. The van der Waals surface area contributed by atoms with Crippen molar-refractivity contribution in [2.45, 2.75) is 64.3 Å². The Morgan fingerprint density at radius 2 is 1.90 bits per heavy atom. The third-order valence-corrected chi connectivity index (χ3v) is 6.21. The lowest BCUT2D eigenvalue weighted by atomic mass is 9.84. The SMILES string of the molecule is Cc1ccc(N2C(=O)C(C)(C)c3c(F)c(C4CC4)cc(F)c32)c(=O)n1CCCC(=O)O. The highest BCUT2D eigenvalue weighted by Gasteiger charge is 2.50. The third kappa shape index (κ3) is 3.34. The fourth-order valence-electron chi connectivity index (χ4n) is 4.33. The minimum atomic E-state index is -1.34. The van der Waals surface area contributed by atoms with Crippen molar-refractivity contribution in [2.75, 3.05) is 4.90 Å². The first-order valence-corrected chi connectivity index (χ1v) is 10.3. The highest BCUT2D eigenvalue weighted by Crippen LogP contribution is 2.51. The number of benzene rings is 1. The maximum Gasteiger partial charge on any atom is 0.303 e. The van der Waals surface area contributed by atoms with Gasteiger partial charge in [0.25, 0.3) is 5.56 Å². The van der Waals surface area contributed by atoms with Crippen LogP contribution in [0.4, 0.5) is 20.2 Å². The van der Waals surface area contributed by atoms with Crippen LogP contribution >= 0.6 is 0 Å². The van der Waals surface area contributed by atoms with E-state index in [-0.39, 0.29) is 47.8 Å². The molecule has 6 nitrogen and oxygen atoms in total. The maximum absolute atomic E-state index is 15.4. The summed E-state index contributed by atoms with van der Waals surface area (Å²) in [7, 11) is 0. The number of halogens is 2. The number of nitrogens with zero attached hydrogens (tertiary/aromatic N) is 2. The first kappa shape index (κ1) is 21.2. The average molecular weight is 430 g/mol. The molecule has 1 aromatic carbocycles. The Kier molecular flexibility index (Phi) is 4.98. The van der Waals surface area contributed by atoms with Gasteiger partial charge in [-0.3, -0.25) is 19.3 Å². The predicted molar refractivity (Wildman–Crippen MR) is 111 cm³/mol. The topological polar surface area (TPSA) is 79.6 Å². The van der Waals surface area contributed by atoms with E-state index in [1.807, 2.05) is 0 Å². The number of anilines is 2. The van der Waals surface area contributed by atoms with E-state index in [0.29, 0.717) is 5.69 Å². The molecule has 31 heavy (non-hydrogen) atoms. The molecule has 2 aliphatic rings. The highest BCUT2D eigenvalue weighted by atomic mass is 19.1. The zero-order valence-corrected chi connectivity index (χ0v) is 17.7. The largest absolute Gasteiger partial charge is 0.481 e. The van der Waals surface area contributed by atoms with Crippen LogP contribution in [0.1, 0.15) is 62.3 Å². The molecule has 1 N–H and O–H groups in total. The van der Waals surface area contributed by atoms with E-state index in [9.17, 15) is 14.4 Å². The number of hydrogen-bond acceptors (Lipinski definition) is 3. The Bertz CT molecular complexity index is 1170. The van der Waals surface area contributed by atoms with Crippen LogP contribution < -0.4 is 10.5 Å². The van der Waals surface area contributed by atoms with Crippen molar-refractivity contribution in [3.8, 4) is 0 Å². The molecule has 1 fully saturated rings. The van der Waals surface area contributed by atoms with Crippen LogP contribution in [0.25, 0.3) is 0 Å². The summed E-state index contributed by atoms with van der Waals surface area (Å²) in [4.78, 5) is 38.3. The first-order chi connectivity index (χ1) is 14.6. The van der Waals surface area contributed by atoms with E-state index in [0.717, 1.165) is 23.8 Å². The molecule has 164 valence electrons. The van der Waals surface area contributed by atoms with Crippen molar-refractivity contribution in [2.24, 2.45) is 0 Å². The van der Waals surface area contributed by atoms with Gasteiger partial charge in [-0.1, -0.05) is 0 Å². The lowest BCUT2D eigenvalue weighted by Gasteiger charge is -2.21. The normalized spacial score (nSPS) is 17.2. The zero-order chi connectivity index (χ0) is 22.7. The number of carbonyl (C=O) groups excluding carboxylic acids is 1. The van der Waals surface area contributed by atoms with Crippen LogP contribution in [0.5, 0.6) is 0 Å². The Labute approximate surface area is 178 Å². The van der Waals surface area contributed by atoms with E-state index in [1.165, 1.54) is 24.5 Å². The summed E-state index contributed by atoms with van der Waals surface area (Å²) < 4.78 is 32.0. The molecule has 4 rings (SSSR count). The van der Waals surface area contributed by atoms with Crippen LogP contribution in [-0.2, 0) is 21.5 Å². The third-order valence-electron chi connectivity index (χ3n) is 6.21. The van der Waals surface area contributed by atoms with Crippen molar-refractivity contribution < 1.29 is 23.5 Å². The Balaban J connectivity index is 1.86. The van der Waals surface area contributed by atoms with Crippen molar-refractivity contribution in [3.63, 3.8) is 0 Å². The van der Waals surface area contributed by atoms with E-state index >= 15 is 8.78 Å². The van der Waals surface area contributed by atoms with E-state index in [1.54, 1.807) is 13.0 Å². The molecule has 1 aliphatic heterocycles. The van der Waals surface area contributed by atoms with Crippen LogP contribution in [0.15, 0.2) is 23.0 Å². The standard InChI is InChI=1S/C23H24F2N2O4/c1-12-6-9-16(21(30)26(12)10-4-5-17(28)29)27-20-15(24)11-14(13-7-8-13)19(25)18(20)23(2,3)22(27)31/h6,9,11,13H,4-5,7-8,10H2,1-3H3,(H,28,29). The van der Waals surface area contributed by atoms with Gasteiger partial charge in [0.15, 0.2) is 0 Å². The van der Waals surface area contributed by atoms with Gasteiger partial charge in [-0.2, -0.15) is 0 Å². The highest BCUT2D eigenvalue weighted by molar-refractivity contribution is 6.12. The van der Waals surface area contributed by atoms with E-state index in [2.05, 4.69) is 0 Å². The number of aromatic nitrogens is 1. The molecule has 1 saturated carbocycles. The monoisotopic (exact) mass is 430 g/mol. The summed E-state index contributed by atoms with van der Waals surface area (Å²) in [5, 5.41) is 8.86. The molecule has 0 radical (unpaired) electrons. The molecule has 0 spiro atoms. The van der Waals surface area contributed by atoms with Gasteiger partial charge in [0.05, 0.1) is 11.1 Å². The van der Waals surface area contributed by atoms with Crippen molar-refractivity contribution in [1.29, 1.82) is 0 Å². The Morgan fingerprint density at radius 3 is 2.52 bits per heavy atom. The second-order valence-electron chi connectivity index (χ2n) is 8.84. The van der Waals surface area contributed by atoms with Gasteiger partial charge in [0, 0.05) is 24.2 Å². The number of fused-ring (bicyclic) bond motifs is 1. The fourth-order valence-corrected chi connectivity index (χ4v) is 4.33. The Hall–Kier alpha value is -3.03. The van der Waals surface area contributed by atoms with Gasteiger partial charge in [0.1, 0.15) is 17.3 Å². The van der Waals surface area contributed by atoms with Crippen LogP contribution in [0.2, 0.25) is 0 Å². The molecule has 0 unspecified atom stereocenters. The van der Waals surface area contributed by atoms with E-state index < -0.39 is 34.5 Å². The van der Waals surface area contributed by atoms with Gasteiger partial charge in [-0.25, -0.2) is 8.78 Å². The number of carboxylic acid groups (broad SMARTS) is 1. The number of carbonyl (C=O) groups is 2. The van der Waals surface area contributed by atoms with Gasteiger partial charge in [-0.05, 0) is 69.7 Å². The number of carboxylic acids is 1. The average Bonchev–Trinajstić information content (AvgIpc) is 3.50. The lowest BCUT2D eigenvalue weighted by molar-refractivity contribution is -0.137. The van der Waals surface area contributed by atoms with Gasteiger partial charge in [0.2, 0.25) is 5.91 Å². The maximum atomic E-state index is 15.4. The minimum absolute atomic E-state index is 0.0168. The summed E-state index contributed by atoms with van der Waals surface area (Å²) in [6.07, 6.45) is 1.68. The van der Waals surface area contributed by atoms with Crippen LogP contribution in [0.3, 0.4) is 0 Å². The number of pyridine rings is 1. The summed E-state index contributed by atoms with van der Waals surface area (Å²) in [6.45, 7) is 4.90. The molecular weight excluding hydrogens is 406 g/mol. The van der Waals surface area contributed by atoms with Crippen LogP contribution in [0, 0.1) is 18.6 Å². The molecule has 1 amide bonds. The first-order valence-electron chi connectivity index (χ1n) is 10.3. The number of aryl methyl sites for hydroxylation is 1. The summed E-state index contributed by atoms with van der Waals surface area (Å²) >= 11 is 0. The van der Waals surface area contributed by atoms with Gasteiger partial charge < -0.3 is 9.67 Å². The number of aliphatic carboxylic acids is 1. The Morgan fingerprint density at radius 1 is 1.23 bits per heavy atom. The molecule has 0 bridgehead atoms. The number of hydrogen-bond donors (Lipinski definition) is 1. The fraction of sp³-hybridized carbons (Fsp3) is 0.435. The molecule has 0 atom stereocenters. The predicted octanol–water partition coefficient (Wildman–Crippen LogP) is 4.13. The summed E-state index contributed by atoms with van der Waals surface area (Å²) in [5.74, 6) is -2.89. The quantitative estimate of drug-likeness (QED) is 0.747. The molecular formula is C23H24F2N2O4. The number of amides is 1. The van der Waals surface area contributed by atoms with Crippen LogP contribution in [-0.4, -0.2) is 21.6 Å². The number of rotatable bonds is 6. The molecule has 1 aliphatic carbocycles. The van der Waals surface area contributed by atoms with E-state index in [4.69, 9.17) is 5.11 Å². The second kappa shape index (κ2) is 7.28. The molecule has 0 saturated heterocycles. The van der Waals surface area contributed by atoms with Crippen molar-refractivity contribution in [1.82, 2.24) is 4.57 Å². The minimum Gasteiger partial charge on any atom is -0.481 e. The van der Waals surface area contributed by atoms with Crippen molar-refractivity contribution >= 4 is 23.3 Å². The molecule has 8 heteroatoms. The molecule has 2 heterocycles. The van der Waals surface area contributed by atoms with Gasteiger partial charge >= 0.3 is 5.97 Å². The van der Waals surface area contributed by atoms with Gasteiger partial charge in [-0.15, -0.1) is 0 Å². The summed E-state index contributed by atoms with van der Waals surface area (Å²) in [5.41, 5.74) is -1.32.